The Morgan fingerprint density at radius 3 is 2.05 bits per heavy atom. The van der Waals surface area contributed by atoms with Crippen LogP contribution in [0.1, 0.15) is 17.0 Å². The van der Waals surface area contributed by atoms with Crippen molar-refractivity contribution in [2.24, 2.45) is 0 Å². The molecule has 0 saturated heterocycles. The minimum Gasteiger partial charge on any atom is -0.332 e. The second kappa shape index (κ2) is 10.9. The molecule has 0 unspecified atom stereocenters. The lowest BCUT2D eigenvalue weighted by atomic mass is 10.1. The average Bonchev–Trinajstić information content (AvgIpc) is 3.16. The molecule has 4 aromatic rings. The molecule has 2 aromatic heterocycles. The van der Waals surface area contributed by atoms with Gasteiger partial charge >= 0.3 is 0 Å². The molecule has 0 saturated carbocycles. The number of nitrogens with zero attached hydrogens (tertiary/aromatic N) is 4. The van der Waals surface area contributed by atoms with Gasteiger partial charge in [-0.1, -0.05) is 0 Å². The predicted octanol–water partition coefficient (Wildman–Crippen LogP) is 4.64. The topological polar surface area (TPSA) is 114 Å². The lowest BCUT2D eigenvalue weighted by molar-refractivity contribution is 0.366. The SMILES string of the molecule is Cc1nn(Cc2c(F)c(F)c(F)c(F)c2F)c(C)c1NC(=S)Nc1ccc(S(=O)(=O)Nc2ncccn2)cc1. The highest BCUT2D eigenvalue weighted by atomic mass is 32.2. The number of hydrogen-bond acceptors (Lipinski definition) is 6. The summed E-state index contributed by atoms with van der Waals surface area (Å²) in [6.45, 7) is 2.34. The Balaban J connectivity index is 1.46. The van der Waals surface area contributed by atoms with Gasteiger partial charge in [0.2, 0.25) is 11.8 Å². The van der Waals surface area contributed by atoms with Crippen molar-refractivity contribution in [3.63, 3.8) is 0 Å². The molecule has 16 heteroatoms. The summed E-state index contributed by atoms with van der Waals surface area (Å²) in [5, 5.41) is 9.89. The second-order valence-corrected chi connectivity index (χ2v) is 10.1. The highest BCUT2D eigenvalue weighted by Gasteiger charge is 2.27. The van der Waals surface area contributed by atoms with Crippen LogP contribution in [-0.4, -0.2) is 33.3 Å². The van der Waals surface area contributed by atoms with E-state index in [9.17, 15) is 30.4 Å². The van der Waals surface area contributed by atoms with E-state index in [1.807, 2.05) is 0 Å². The lowest BCUT2D eigenvalue weighted by Crippen LogP contribution is -2.20. The van der Waals surface area contributed by atoms with Crippen molar-refractivity contribution in [1.82, 2.24) is 19.7 Å². The van der Waals surface area contributed by atoms with Crippen molar-refractivity contribution in [2.75, 3.05) is 15.4 Å². The number of aromatic nitrogens is 4. The van der Waals surface area contributed by atoms with Gasteiger partial charge < -0.3 is 10.6 Å². The first kappa shape index (κ1) is 27.8. The van der Waals surface area contributed by atoms with E-state index < -0.39 is 51.2 Å². The van der Waals surface area contributed by atoms with Gasteiger partial charge in [-0.15, -0.1) is 0 Å². The monoisotopic (exact) mass is 583 g/mol. The van der Waals surface area contributed by atoms with Gasteiger partial charge in [-0.25, -0.2) is 45.1 Å². The minimum absolute atomic E-state index is 0.0551. The number of halogens is 5. The van der Waals surface area contributed by atoms with Crippen molar-refractivity contribution in [2.45, 2.75) is 25.3 Å². The van der Waals surface area contributed by atoms with Crippen molar-refractivity contribution in [1.29, 1.82) is 0 Å². The number of thiocarbonyl (C=S) groups is 1. The summed E-state index contributed by atoms with van der Waals surface area (Å²) in [4.78, 5) is 7.57. The highest BCUT2D eigenvalue weighted by Crippen LogP contribution is 2.26. The number of rotatable bonds is 7. The molecule has 4 rings (SSSR count). The maximum Gasteiger partial charge on any atom is 0.264 e. The largest absolute Gasteiger partial charge is 0.332 e. The molecule has 2 aromatic carbocycles. The van der Waals surface area contributed by atoms with Crippen LogP contribution >= 0.6 is 12.2 Å². The molecular formula is C23H18F5N7O2S2. The third kappa shape index (κ3) is 5.80. The molecule has 204 valence electrons. The second-order valence-electron chi connectivity index (χ2n) is 8.03. The van der Waals surface area contributed by atoms with E-state index in [4.69, 9.17) is 12.2 Å². The smallest absolute Gasteiger partial charge is 0.264 e. The molecule has 0 bridgehead atoms. The van der Waals surface area contributed by atoms with E-state index in [1.54, 1.807) is 6.92 Å². The minimum atomic E-state index is -3.94. The fourth-order valence-electron chi connectivity index (χ4n) is 3.49. The van der Waals surface area contributed by atoms with Crippen molar-refractivity contribution >= 4 is 44.7 Å². The molecular weight excluding hydrogens is 565 g/mol. The predicted molar refractivity (Wildman–Crippen MR) is 136 cm³/mol. The maximum atomic E-state index is 14.1. The number of sulfonamides is 1. The van der Waals surface area contributed by atoms with Gasteiger partial charge in [0.1, 0.15) is 0 Å². The van der Waals surface area contributed by atoms with Crippen molar-refractivity contribution < 1.29 is 30.4 Å². The quantitative estimate of drug-likeness (QED) is 0.125. The molecule has 0 amide bonds. The summed E-state index contributed by atoms with van der Waals surface area (Å²) < 4.78 is 97.2. The third-order valence-electron chi connectivity index (χ3n) is 5.44. The lowest BCUT2D eigenvalue weighted by Gasteiger charge is -2.13. The van der Waals surface area contributed by atoms with Gasteiger partial charge in [0.15, 0.2) is 28.4 Å². The number of hydrogen-bond donors (Lipinski definition) is 3. The fourth-order valence-corrected chi connectivity index (χ4v) is 4.67. The summed E-state index contributed by atoms with van der Waals surface area (Å²) in [6, 6.07) is 7.11. The Morgan fingerprint density at radius 2 is 1.46 bits per heavy atom. The van der Waals surface area contributed by atoms with E-state index in [2.05, 4.69) is 30.4 Å². The summed E-state index contributed by atoms with van der Waals surface area (Å²) in [5.74, 6) is -10.3. The van der Waals surface area contributed by atoms with E-state index in [1.165, 1.54) is 49.6 Å². The number of benzene rings is 2. The van der Waals surface area contributed by atoms with Crippen molar-refractivity contribution in [3.8, 4) is 0 Å². The van der Waals surface area contributed by atoms with Gasteiger partial charge in [0, 0.05) is 18.1 Å². The molecule has 0 spiro atoms. The van der Waals surface area contributed by atoms with Crippen LogP contribution in [0.2, 0.25) is 0 Å². The Bertz CT molecular complexity index is 1640. The molecule has 0 radical (unpaired) electrons. The standard InChI is InChI=1S/C23H18F5N7O2S2/c1-11-21(12(2)35(33-11)10-15-16(24)18(26)20(28)19(27)17(15)25)32-23(38)31-13-4-6-14(7-5-13)39(36,37)34-22-29-8-3-9-30-22/h3-9H,10H2,1-2H3,(H,29,30,34)(H2,31,32,38). The first-order valence-electron chi connectivity index (χ1n) is 10.9. The fraction of sp³-hybridized carbons (Fsp3) is 0.130. The number of anilines is 3. The molecule has 0 aliphatic rings. The third-order valence-corrected chi connectivity index (χ3v) is 6.99. The van der Waals surface area contributed by atoms with Crippen LogP contribution in [0.25, 0.3) is 0 Å². The summed E-state index contributed by atoms with van der Waals surface area (Å²) >= 11 is 5.29. The van der Waals surface area contributed by atoms with Crippen LogP contribution in [0, 0.1) is 42.9 Å². The van der Waals surface area contributed by atoms with E-state index >= 15 is 0 Å². The number of aryl methyl sites for hydroxylation is 1. The Morgan fingerprint density at radius 1 is 0.897 bits per heavy atom. The van der Waals surface area contributed by atoms with Gasteiger partial charge in [-0.3, -0.25) is 4.68 Å². The Kier molecular flexibility index (Phi) is 7.78. The zero-order chi connectivity index (χ0) is 28.5. The number of nitrogens with one attached hydrogen (secondary N) is 3. The zero-order valence-electron chi connectivity index (χ0n) is 20.1. The average molecular weight is 584 g/mol. The maximum absolute atomic E-state index is 14.1. The molecule has 0 aliphatic heterocycles. The van der Waals surface area contributed by atoms with E-state index in [0.717, 1.165) is 4.68 Å². The van der Waals surface area contributed by atoms with Gasteiger partial charge in [-0.05, 0) is 56.4 Å². The Hall–Kier alpha value is -4.18. The molecule has 3 N–H and O–H groups in total. The van der Waals surface area contributed by atoms with E-state index in [0.29, 0.717) is 22.8 Å². The summed E-state index contributed by atoms with van der Waals surface area (Å²) in [6.07, 6.45) is 2.77. The zero-order valence-corrected chi connectivity index (χ0v) is 21.7. The summed E-state index contributed by atoms with van der Waals surface area (Å²) in [5.41, 5.74) is 0.356. The van der Waals surface area contributed by atoms with Crippen LogP contribution in [0.15, 0.2) is 47.6 Å². The van der Waals surface area contributed by atoms with Crippen LogP contribution in [0.3, 0.4) is 0 Å². The van der Waals surface area contributed by atoms with Gasteiger partial charge in [0.25, 0.3) is 10.0 Å². The normalized spacial score (nSPS) is 11.4. The van der Waals surface area contributed by atoms with E-state index in [-0.39, 0.29) is 16.0 Å². The van der Waals surface area contributed by atoms with Crippen molar-refractivity contribution in [3.05, 3.63) is 88.8 Å². The summed E-state index contributed by atoms with van der Waals surface area (Å²) in [7, 11) is -3.94. The molecule has 0 atom stereocenters. The van der Waals surface area contributed by atoms with Crippen LogP contribution in [0.5, 0.6) is 0 Å². The molecule has 0 aliphatic carbocycles. The van der Waals surface area contributed by atoms with Gasteiger partial charge in [-0.2, -0.15) is 5.10 Å². The first-order valence-corrected chi connectivity index (χ1v) is 12.8. The van der Waals surface area contributed by atoms with Crippen LogP contribution in [0.4, 0.5) is 39.3 Å². The molecule has 0 fully saturated rings. The Labute approximate surface area is 224 Å². The van der Waals surface area contributed by atoms with Crippen LogP contribution in [-0.2, 0) is 16.6 Å². The van der Waals surface area contributed by atoms with Crippen LogP contribution < -0.4 is 15.4 Å². The molecule has 39 heavy (non-hydrogen) atoms. The first-order chi connectivity index (χ1) is 18.4. The highest BCUT2D eigenvalue weighted by molar-refractivity contribution is 7.92. The molecule has 9 nitrogen and oxygen atoms in total. The molecule has 2 heterocycles. The van der Waals surface area contributed by atoms with Gasteiger partial charge in [0.05, 0.1) is 34.1 Å².